The van der Waals surface area contributed by atoms with Crippen LogP contribution in [-0.2, 0) is 71.1 Å². The van der Waals surface area contributed by atoms with E-state index in [9.17, 15) is 9.59 Å². The van der Waals surface area contributed by atoms with Gasteiger partial charge in [0.2, 0.25) is 0 Å². The zero-order valence-corrected chi connectivity index (χ0v) is 33.3. The third kappa shape index (κ3) is 42.9. The monoisotopic (exact) mass is 773 g/mol. The molecule has 0 aromatic heterocycles. The van der Waals surface area contributed by atoms with Crippen LogP contribution in [0.15, 0.2) is 0 Å². The number of amides is 1. The van der Waals surface area contributed by atoms with Crippen molar-refractivity contribution in [2.24, 2.45) is 0 Å². The van der Waals surface area contributed by atoms with Crippen molar-refractivity contribution >= 4 is 12.1 Å². The van der Waals surface area contributed by atoms with Crippen LogP contribution in [0.1, 0.15) is 40.5 Å². The molecule has 53 heavy (non-hydrogen) atoms. The van der Waals surface area contributed by atoms with Crippen molar-refractivity contribution in [3.05, 3.63) is 0 Å². The molecule has 0 saturated carbocycles. The van der Waals surface area contributed by atoms with Crippen LogP contribution in [0.2, 0.25) is 0 Å². The standard InChI is InChI=1S/C36H71NO16/c1-6-7-34(38)52-33-32-51-31-30-50-29-28-49-27-26-48-25-24-47-23-22-46-21-20-45-19-18-44-17-16-43-15-14-42-13-12-41-11-10-40-9-8-37(5)35(39)53-36(2,3)4/h6-33H2,1-5H3. The molecule has 0 heterocycles. The molecule has 0 aromatic carbocycles. The Balaban J connectivity index is 3.14. The van der Waals surface area contributed by atoms with Crippen LogP contribution in [0.5, 0.6) is 0 Å². The molecule has 0 aliphatic heterocycles. The normalized spacial score (nSPS) is 11.6. The van der Waals surface area contributed by atoms with Crippen molar-refractivity contribution in [2.45, 2.75) is 46.1 Å². The predicted octanol–water partition coefficient (Wildman–Crippen LogP) is 2.40. The van der Waals surface area contributed by atoms with Crippen molar-refractivity contribution < 1.29 is 75.9 Å². The van der Waals surface area contributed by atoms with Gasteiger partial charge in [-0.3, -0.25) is 4.79 Å². The quantitative estimate of drug-likeness (QED) is 0.0656. The molecule has 0 atom stereocenters. The van der Waals surface area contributed by atoms with Crippen LogP contribution in [0.3, 0.4) is 0 Å². The van der Waals surface area contributed by atoms with Crippen LogP contribution in [-0.4, -0.2) is 201 Å². The molecule has 0 fully saturated rings. The van der Waals surface area contributed by atoms with Gasteiger partial charge >= 0.3 is 12.1 Å². The highest BCUT2D eigenvalue weighted by Gasteiger charge is 2.19. The molecule has 0 unspecified atom stereocenters. The van der Waals surface area contributed by atoms with Gasteiger partial charge in [-0.1, -0.05) is 6.92 Å². The van der Waals surface area contributed by atoms with Gasteiger partial charge in [-0.2, -0.15) is 0 Å². The van der Waals surface area contributed by atoms with Crippen LogP contribution < -0.4 is 0 Å². The van der Waals surface area contributed by atoms with Crippen LogP contribution in [0.4, 0.5) is 4.79 Å². The minimum Gasteiger partial charge on any atom is -0.463 e. The Morgan fingerprint density at radius 2 is 0.660 bits per heavy atom. The number of rotatable bonds is 41. The molecule has 0 spiro atoms. The third-order valence-electron chi connectivity index (χ3n) is 6.31. The Labute approximate surface area is 317 Å². The molecule has 1 amide bonds. The van der Waals surface area contributed by atoms with Gasteiger partial charge in [-0.15, -0.1) is 0 Å². The molecule has 0 aromatic rings. The highest BCUT2D eigenvalue weighted by Crippen LogP contribution is 2.08. The van der Waals surface area contributed by atoms with Gasteiger partial charge < -0.3 is 71.2 Å². The Morgan fingerprint density at radius 3 is 0.906 bits per heavy atom. The van der Waals surface area contributed by atoms with Gasteiger partial charge in [0.15, 0.2) is 0 Å². The van der Waals surface area contributed by atoms with E-state index < -0.39 is 5.60 Å². The van der Waals surface area contributed by atoms with E-state index in [2.05, 4.69) is 0 Å². The first-order valence-corrected chi connectivity index (χ1v) is 18.8. The fourth-order valence-corrected chi connectivity index (χ4v) is 3.64. The van der Waals surface area contributed by atoms with Crippen molar-refractivity contribution in [1.29, 1.82) is 0 Å². The molecular formula is C36H71NO16. The molecule has 17 nitrogen and oxygen atoms in total. The lowest BCUT2D eigenvalue weighted by Crippen LogP contribution is -2.36. The summed E-state index contributed by atoms with van der Waals surface area (Å²) >= 11 is 0. The van der Waals surface area contributed by atoms with E-state index in [0.29, 0.717) is 172 Å². The summed E-state index contributed by atoms with van der Waals surface area (Å²) < 4.78 is 75.8. The largest absolute Gasteiger partial charge is 0.463 e. The Hall–Kier alpha value is -1.74. The average molecular weight is 774 g/mol. The molecule has 0 rings (SSSR count). The summed E-state index contributed by atoms with van der Waals surface area (Å²) in [5.41, 5.74) is -0.514. The number of likely N-dealkylation sites (N-methyl/N-ethyl adjacent to an activating group) is 1. The first kappa shape index (κ1) is 51.3. The summed E-state index contributed by atoms with van der Waals surface area (Å²) in [4.78, 5) is 24.6. The molecule has 17 heteroatoms. The van der Waals surface area contributed by atoms with Gasteiger partial charge in [0.1, 0.15) is 12.2 Å². The molecule has 0 radical (unpaired) electrons. The molecule has 0 N–H and O–H groups in total. The number of hydrogen-bond donors (Lipinski definition) is 0. The Bertz CT molecular complexity index is 789. The summed E-state index contributed by atoms with van der Waals surface area (Å²) in [5.74, 6) is -0.192. The van der Waals surface area contributed by atoms with E-state index in [1.165, 1.54) is 4.90 Å². The highest BCUT2D eigenvalue weighted by atomic mass is 16.6. The summed E-state index contributed by atoms with van der Waals surface area (Å²) in [6, 6.07) is 0. The molecule has 316 valence electrons. The average Bonchev–Trinajstić information content (AvgIpc) is 3.11. The molecule has 0 aliphatic carbocycles. The summed E-state index contributed by atoms with van der Waals surface area (Å²) in [5, 5.41) is 0. The van der Waals surface area contributed by atoms with Crippen molar-refractivity contribution in [1.82, 2.24) is 4.90 Å². The van der Waals surface area contributed by atoms with Crippen LogP contribution in [0.25, 0.3) is 0 Å². The second-order valence-electron chi connectivity index (χ2n) is 12.2. The number of esters is 1. The smallest absolute Gasteiger partial charge is 0.410 e. The summed E-state index contributed by atoms with van der Waals surface area (Å²) in [6.45, 7) is 19.4. The Kier molecular flexibility index (Phi) is 38.6. The molecular weight excluding hydrogens is 702 g/mol. The number of carbonyl (C=O) groups excluding carboxylic acids is 2. The maximum absolute atomic E-state index is 11.9. The van der Waals surface area contributed by atoms with Gasteiger partial charge in [-0.25, -0.2) is 4.79 Å². The van der Waals surface area contributed by atoms with Gasteiger partial charge in [-0.05, 0) is 27.2 Å². The lowest BCUT2D eigenvalue weighted by Gasteiger charge is -2.24. The van der Waals surface area contributed by atoms with Crippen molar-refractivity contribution in [3.63, 3.8) is 0 Å². The Morgan fingerprint density at radius 1 is 0.415 bits per heavy atom. The highest BCUT2D eigenvalue weighted by molar-refractivity contribution is 5.69. The van der Waals surface area contributed by atoms with E-state index in [1.54, 1.807) is 7.05 Å². The number of nitrogens with zero attached hydrogens (tertiary/aromatic N) is 1. The van der Waals surface area contributed by atoms with Gasteiger partial charge in [0.05, 0.1) is 159 Å². The van der Waals surface area contributed by atoms with Crippen LogP contribution >= 0.6 is 0 Å². The fraction of sp³-hybridized carbons (Fsp3) is 0.944. The van der Waals surface area contributed by atoms with Crippen molar-refractivity contribution in [2.75, 3.05) is 179 Å². The zero-order valence-electron chi connectivity index (χ0n) is 33.3. The second kappa shape index (κ2) is 39.9. The lowest BCUT2D eigenvalue weighted by molar-refractivity contribution is -0.145. The molecule has 0 saturated heterocycles. The number of hydrogen-bond acceptors (Lipinski definition) is 16. The van der Waals surface area contributed by atoms with Crippen molar-refractivity contribution in [3.8, 4) is 0 Å². The van der Waals surface area contributed by atoms with E-state index in [-0.39, 0.29) is 18.7 Å². The molecule has 0 bridgehead atoms. The minimum atomic E-state index is -0.514. The predicted molar refractivity (Wildman–Crippen MR) is 195 cm³/mol. The summed E-state index contributed by atoms with van der Waals surface area (Å²) in [7, 11) is 1.68. The number of carbonyl (C=O) groups is 2. The van der Waals surface area contributed by atoms with E-state index in [4.69, 9.17) is 66.3 Å². The first-order chi connectivity index (χ1) is 25.8. The first-order valence-electron chi connectivity index (χ1n) is 18.8. The van der Waals surface area contributed by atoms with E-state index in [0.717, 1.165) is 6.42 Å². The minimum absolute atomic E-state index is 0.192. The maximum atomic E-state index is 11.9. The zero-order chi connectivity index (χ0) is 38.9. The topological polar surface area (TPSA) is 167 Å². The fourth-order valence-electron chi connectivity index (χ4n) is 3.64. The second-order valence-corrected chi connectivity index (χ2v) is 12.2. The number of ether oxygens (including phenoxy) is 14. The molecule has 0 aliphatic rings. The van der Waals surface area contributed by atoms with Crippen LogP contribution in [0, 0.1) is 0 Å². The van der Waals surface area contributed by atoms with E-state index >= 15 is 0 Å². The maximum Gasteiger partial charge on any atom is 0.410 e. The van der Waals surface area contributed by atoms with Gasteiger partial charge in [0, 0.05) is 20.0 Å². The SMILES string of the molecule is CCCC(=O)OCCOCCOCCOCCOCCOCCOCCOCCOCCOCCOCCOCCOCCN(C)C(=O)OC(C)(C)C. The lowest BCUT2D eigenvalue weighted by atomic mass is 10.2. The summed E-state index contributed by atoms with van der Waals surface area (Å²) in [6.07, 6.45) is 0.850. The van der Waals surface area contributed by atoms with E-state index in [1.807, 2.05) is 27.7 Å². The van der Waals surface area contributed by atoms with Gasteiger partial charge in [0.25, 0.3) is 0 Å². The third-order valence-corrected chi connectivity index (χ3v) is 6.31.